The molecule has 4 atom stereocenters. The number of aliphatic hydroxyl groups excluding tert-OH is 2. The lowest BCUT2D eigenvalue weighted by Crippen LogP contribution is -2.43. The van der Waals surface area contributed by atoms with Gasteiger partial charge >= 0.3 is 0 Å². The van der Waals surface area contributed by atoms with E-state index in [1.54, 1.807) is 6.07 Å². The predicted octanol–water partition coefficient (Wildman–Crippen LogP) is 2.20. The molecule has 0 radical (unpaired) electrons. The summed E-state index contributed by atoms with van der Waals surface area (Å²) in [5.74, 6) is 0.0324. The van der Waals surface area contributed by atoms with Crippen LogP contribution in [-0.4, -0.2) is 49.6 Å². The number of aliphatic hydroxyl groups is 2. The molecular weight excluding hydrogens is 367 g/mol. The van der Waals surface area contributed by atoms with Crippen molar-refractivity contribution in [3.05, 3.63) is 53.1 Å². The minimum absolute atomic E-state index is 0.0324. The number of ether oxygens (including phenoxy) is 1. The molecule has 1 heterocycles. The van der Waals surface area contributed by atoms with Crippen molar-refractivity contribution in [1.29, 1.82) is 0 Å². The van der Waals surface area contributed by atoms with E-state index in [2.05, 4.69) is 6.07 Å². The van der Waals surface area contributed by atoms with Gasteiger partial charge in [-0.1, -0.05) is 24.3 Å². The molecule has 27 heavy (non-hydrogen) atoms. The molecule has 1 saturated heterocycles. The second kappa shape index (κ2) is 7.47. The van der Waals surface area contributed by atoms with Gasteiger partial charge in [0.2, 0.25) is 0 Å². The molecule has 1 aliphatic carbocycles. The van der Waals surface area contributed by atoms with Crippen LogP contribution in [0.1, 0.15) is 35.6 Å². The zero-order valence-corrected chi connectivity index (χ0v) is 15.6. The first-order valence-electron chi connectivity index (χ1n) is 9.05. The molecule has 4 rings (SSSR count). The van der Waals surface area contributed by atoms with Gasteiger partial charge in [0, 0.05) is 18.1 Å². The van der Waals surface area contributed by atoms with Crippen molar-refractivity contribution >= 4 is 8.38 Å². The molecule has 0 spiro atoms. The fourth-order valence-corrected chi connectivity index (χ4v) is 4.59. The molecule has 0 amide bonds. The molecule has 2 aromatic carbocycles. The van der Waals surface area contributed by atoms with Crippen LogP contribution in [0.3, 0.4) is 0 Å². The highest BCUT2D eigenvalue weighted by Gasteiger charge is 2.39. The Morgan fingerprint density at radius 2 is 1.81 bits per heavy atom. The lowest BCUT2D eigenvalue weighted by atomic mass is 9.90. The van der Waals surface area contributed by atoms with E-state index < -0.39 is 32.8 Å². The fraction of sp³-hybridized carbons (Fsp3) is 0.400. The summed E-state index contributed by atoms with van der Waals surface area (Å²) in [5.41, 5.74) is 4.75. The number of hydrogen-bond acceptors (Lipinski definition) is 6. The minimum Gasteiger partial charge on any atom is -0.508 e. The molecule has 2 aliphatic rings. The summed E-state index contributed by atoms with van der Waals surface area (Å²) >= 11 is 0. The van der Waals surface area contributed by atoms with Gasteiger partial charge in [0.05, 0.1) is 12.2 Å². The largest absolute Gasteiger partial charge is 0.508 e. The van der Waals surface area contributed by atoms with Gasteiger partial charge < -0.3 is 29.8 Å². The summed E-state index contributed by atoms with van der Waals surface area (Å²) in [5, 5.41) is 31.3. The Bertz CT molecular complexity index is 839. The SMILES string of the molecule is Oc1cc2c(cc1C1OC(CCP(O)O)CC(O)C1O)-c1ccccc1C2. The third-order valence-electron chi connectivity index (χ3n) is 5.45. The van der Waals surface area contributed by atoms with Gasteiger partial charge in [-0.2, -0.15) is 0 Å². The summed E-state index contributed by atoms with van der Waals surface area (Å²) in [6.07, 6.45) is -1.95. The third kappa shape index (κ3) is 3.61. The smallest absolute Gasteiger partial charge is 0.165 e. The first-order valence-corrected chi connectivity index (χ1v) is 10.5. The van der Waals surface area contributed by atoms with Crippen LogP contribution in [0.15, 0.2) is 36.4 Å². The van der Waals surface area contributed by atoms with Crippen LogP contribution in [0, 0.1) is 0 Å². The molecule has 0 aromatic heterocycles. The second-order valence-corrected chi connectivity index (χ2v) is 8.45. The van der Waals surface area contributed by atoms with E-state index in [0.29, 0.717) is 12.0 Å². The predicted molar refractivity (Wildman–Crippen MR) is 101 cm³/mol. The first-order chi connectivity index (χ1) is 12.9. The van der Waals surface area contributed by atoms with Gasteiger partial charge in [0.1, 0.15) is 18.0 Å². The quantitative estimate of drug-likeness (QED) is 0.437. The first kappa shape index (κ1) is 18.8. The van der Waals surface area contributed by atoms with Crippen LogP contribution in [-0.2, 0) is 11.2 Å². The van der Waals surface area contributed by atoms with Gasteiger partial charge in [-0.15, -0.1) is 0 Å². The van der Waals surface area contributed by atoms with E-state index >= 15 is 0 Å². The molecule has 0 bridgehead atoms. The number of fused-ring (bicyclic) bond motifs is 3. The molecule has 0 saturated carbocycles. The van der Waals surface area contributed by atoms with Crippen molar-refractivity contribution in [2.45, 2.75) is 43.7 Å². The molecule has 2 aromatic rings. The third-order valence-corrected chi connectivity index (χ3v) is 6.10. The Hall–Kier alpha value is -1.53. The number of aromatic hydroxyl groups is 1. The summed E-state index contributed by atoms with van der Waals surface area (Å²) in [7, 11) is -2.03. The van der Waals surface area contributed by atoms with Gasteiger partial charge in [0.25, 0.3) is 0 Å². The molecular formula is C20H23O6P. The molecule has 144 valence electrons. The molecule has 6 nitrogen and oxygen atoms in total. The van der Waals surface area contributed by atoms with Crippen LogP contribution in [0.25, 0.3) is 11.1 Å². The highest BCUT2D eigenvalue weighted by Crippen LogP contribution is 2.44. The summed E-state index contributed by atoms with van der Waals surface area (Å²) in [6.45, 7) is 0. The van der Waals surface area contributed by atoms with Gasteiger partial charge in [-0.05, 0) is 47.2 Å². The zero-order chi connectivity index (χ0) is 19.1. The molecule has 1 fully saturated rings. The Morgan fingerprint density at radius 3 is 2.59 bits per heavy atom. The maximum Gasteiger partial charge on any atom is 0.165 e. The molecule has 4 unspecified atom stereocenters. The zero-order valence-electron chi connectivity index (χ0n) is 14.7. The highest BCUT2D eigenvalue weighted by atomic mass is 31.2. The lowest BCUT2D eigenvalue weighted by Gasteiger charge is -2.38. The van der Waals surface area contributed by atoms with E-state index in [1.807, 2.05) is 24.3 Å². The van der Waals surface area contributed by atoms with E-state index in [1.165, 1.54) is 5.56 Å². The van der Waals surface area contributed by atoms with Gasteiger partial charge in [0.15, 0.2) is 8.38 Å². The van der Waals surface area contributed by atoms with Gasteiger partial charge in [-0.3, -0.25) is 0 Å². The Labute approximate surface area is 158 Å². The average Bonchev–Trinajstić information content (AvgIpc) is 2.99. The maximum atomic E-state index is 10.6. The Balaban J connectivity index is 1.66. The lowest BCUT2D eigenvalue weighted by molar-refractivity contribution is -0.171. The monoisotopic (exact) mass is 390 g/mol. The summed E-state index contributed by atoms with van der Waals surface area (Å²) in [4.78, 5) is 18.3. The van der Waals surface area contributed by atoms with E-state index in [4.69, 9.17) is 14.5 Å². The average molecular weight is 390 g/mol. The number of rotatable bonds is 4. The Morgan fingerprint density at radius 1 is 1.04 bits per heavy atom. The second-order valence-electron chi connectivity index (χ2n) is 7.26. The van der Waals surface area contributed by atoms with E-state index in [-0.39, 0.29) is 18.3 Å². The highest BCUT2D eigenvalue weighted by molar-refractivity contribution is 7.45. The van der Waals surface area contributed by atoms with Crippen LogP contribution in [0.4, 0.5) is 0 Å². The van der Waals surface area contributed by atoms with Crippen molar-refractivity contribution in [3.63, 3.8) is 0 Å². The van der Waals surface area contributed by atoms with E-state index in [0.717, 1.165) is 23.1 Å². The number of phenols is 1. The van der Waals surface area contributed by atoms with Crippen LogP contribution < -0.4 is 0 Å². The van der Waals surface area contributed by atoms with Crippen LogP contribution >= 0.6 is 8.38 Å². The van der Waals surface area contributed by atoms with Crippen molar-refractivity contribution in [1.82, 2.24) is 0 Å². The number of hydrogen-bond donors (Lipinski definition) is 5. The van der Waals surface area contributed by atoms with Gasteiger partial charge in [-0.25, -0.2) is 0 Å². The van der Waals surface area contributed by atoms with Crippen molar-refractivity contribution in [2.75, 3.05) is 6.16 Å². The van der Waals surface area contributed by atoms with Crippen molar-refractivity contribution in [3.8, 4) is 16.9 Å². The van der Waals surface area contributed by atoms with E-state index in [9.17, 15) is 15.3 Å². The van der Waals surface area contributed by atoms with Crippen LogP contribution in [0.5, 0.6) is 5.75 Å². The summed E-state index contributed by atoms with van der Waals surface area (Å²) < 4.78 is 5.95. The summed E-state index contributed by atoms with van der Waals surface area (Å²) in [6, 6.07) is 11.6. The van der Waals surface area contributed by atoms with Crippen molar-refractivity contribution < 1.29 is 29.8 Å². The van der Waals surface area contributed by atoms with Crippen LogP contribution in [0.2, 0.25) is 0 Å². The number of phenolic OH excluding ortho intramolecular Hbond substituents is 1. The fourth-order valence-electron chi connectivity index (χ4n) is 4.07. The standard InChI is InChI=1S/C20H23O6P/c21-17-8-12-7-11-3-1-2-4-14(11)15(12)10-16(17)20-19(23)18(22)9-13(26-20)5-6-27(24)25/h1-4,8,10,13,18-25H,5-7,9H2. The normalized spacial score (nSPS) is 26.9. The molecule has 1 aliphatic heterocycles. The topological polar surface area (TPSA) is 110 Å². The number of benzene rings is 2. The Kier molecular flexibility index (Phi) is 5.21. The maximum absolute atomic E-state index is 10.6. The minimum atomic E-state index is -2.03. The molecule has 5 N–H and O–H groups in total. The molecule has 7 heteroatoms. The van der Waals surface area contributed by atoms with Crippen molar-refractivity contribution in [2.24, 2.45) is 0 Å².